The van der Waals surface area contributed by atoms with E-state index in [4.69, 9.17) is 24.2 Å². The Morgan fingerprint density at radius 3 is 2.63 bits per heavy atom. The van der Waals surface area contributed by atoms with Crippen molar-refractivity contribution in [1.29, 1.82) is 0 Å². The summed E-state index contributed by atoms with van der Waals surface area (Å²) in [5.74, 6) is -0.0497. The van der Waals surface area contributed by atoms with Crippen LogP contribution in [0.2, 0.25) is 0 Å². The van der Waals surface area contributed by atoms with Crippen LogP contribution in [0.5, 0.6) is 0 Å². The van der Waals surface area contributed by atoms with Crippen LogP contribution in [0, 0.1) is 5.92 Å². The van der Waals surface area contributed by atoms with Gasteiger partial charge in [-0.2, -0.15) is 0 Å². The number of fused-ring (bicyclic) bond motifs is 1. The average molecular weight is 620 g/mol. The molecule has 5 atom stereocenters. The number of ether oxygens (including phenoxy) is 3. The first-order chi connectivity index (χ1) is 20.8. The highest BCUT2D eigenvalue weighted by Gasteiger charge is 2.44. The fourth-order valence-electron chi connectivity index (χ4n) is 5.74. The maximum atomic E-state index is 13.9. The predicted octanol–water partition coefficient (Wildman–Crippen LogP) is 2.42. The number of aliphatic hydroxyl groups excluding tert-OH is 2. The van der Waals surface area contributed by atoms with Crippen molar-refractivity contribution in [3.8, 4) is 0 Å². The second kappa shape index (κ2) is 14.8. The molecule has 0 radical (unpaired) electrons. The third-order valence-corrected chi connectivity index (χ3v) is 9.68. The Hall–Kier alpha value is -2.78. The Bertz CT molecular complexity index is 1290. The van der Waals surface area contributed by atoms with Crippen LogP contribution in [0.4, 0.5) is 10.5 Å². The van der Waals surface area contributed by atoms with Gasteiger partial charge in [0.2, 0.25) is 0 Å². The number of benzene rings is 2. The zero-order valence-corrected chi connectivity index (χ0v) is 24.9. The van der Waals surface area contributed by atoms with E-state index in [0.717, 1.165) is 29.3 Å². The molecular formula is C30H41N3O9S. The van der Waals surface area contributed by atoms with E-state index in [9.17, 15) is 18.3 Å². The number of hydrogen-bond acceptors (Lipinski definition) is 10. The lowest BCUT2D eigenvalue weighted by molar-refractivity contribution is -0.145. The van der Waals surface area contributed by atoms with Crippen molar-refractivity contribution in [3.05, 3.63) is 60.2 Å². The standard InChI is InChI=1S/C30H41N3O9S/c34-15-14-31-22-9-6-12-24(18-22)43(37,38)33(42-23-10-4-5-11-23)19-27(35)26(17-21-7-2-1-3-8-21)32-30(36)41-28-20-40-29-25(28)13-16-39-29/h1-3,6-9,12,18,23,25-29,31,34-35H,4-5,10-11,13-17,19-20H2,(H,32,36)/t25-,26-,27-,28-,29+/m0/s1. The van der Waals surface area contributed by atoms with Crippen LogP contribution >= 0.6 is 0 Å². The molecule has 3 fully saturated rings. The molecule has 2 saturated heterocycles. The number of anilines is 1. The van der Waals surface area contributed by atoms with Gasteiger partial charge in [-0.25, -0.2) is 13.2 Å². The summed E-state index contributed by atoms with van der Waals surface area (Å²) in [6.07, 6.45) is 0.952. The monoisotopic (exact) mass is 619 g/mol. The Morgan fingerprint density at radius 2 is 1.86 bits per heavy atom. The molecule has 12 nitrogen and oxygen atoms in total. The molecule has 1 saturated carbocycles. The fraction of sp³-hybridized carbons (Fsp3) is 0.567. The van der Waals surface area contributed by atoms with Crippen molar-refractivity contribution in [2.45, 2.75) is 74.1 Å². The summed E-state index contributed by atoms with van der Waals surface area (Å²) in [7, 11) is -4.22. The van der Waals surface area contributed by atoms with Crippen LogP contribution in [-0.4, -0.2) is 92.7 Å². The molecule has 0 unspecified atom stereocenters. The van der Waals surface area contributed by atoms with E-state index in [1.807, 2.05) is 30.3 Å². The van der Waals surface area contributed by atoms with Crippen molar-refractivity contribution in [3.63, 3.8) is 0 Å². The Kier molecular flexibility index (Phi) is 10.9. The molecule has 1 amide bonds. The zero-order valence-electron chi connectivity index (χ0n) is 24.0. The van der Waals surface area contributed by atoms with E-state index < -0.39 is 40.9 Å². The van der Waals surface area contributed by atoms with Crippen LogP contribution in [0.25, 0.3) is 0 Å². The number of nitrogens with one attached hydrogen (secondary N) is 2. The molecule has 4 N–H and O–H groups in total. The highest BCUT2D eigenvalue weighted by molar-refractivity contribution is 7.89. The van der Waals surface area contributed by atoms with Crippen molar-refractivity contribution in [2.24, 2.45) is 5.92 Å². The van der Waals surface area contributed by atoms with E-state index in [1.165, 1.54) is 12.1 Å². The molecule has 236 valence electrons. The van der Waals surface area contributed by atoms with Gasteiger partial charge in [-0.05, 0) is 49.4 Å². The number of rotatable bonds is 14. The molecule has 43 heavy (non-hydrogen) atoms. The lowest BCUT2D eigenvalue weighted by atomic mass is 10.0. The third-order valence-electron chi connectivity index (χ3n) is 8.06. The summed E-state index contributed by atoms with van der Waals surface area (Å²) in [6, 6.07) is 14.6. The molecule has 1 aliphatic carbocycles. The number of carbonyl (C=O) groups is 1. The minimum absolute atomic E-state index is 0.0258. The highest BCUT2D eigenvalue weighted by Crippen LogP contribution is 2.33. The largest absolute Gasteiger partial charge is 0.443 e. The number of nitrogens with zero attached hydrogens (tertiary/aromatic N) is 1. The Morgan fingerprint density at radius 1 is 1.07 bits per heavy atom. The van der Waals surface area contributed by atoms with Crippen LogP contribution in [0.3, 0.4) is 0 Å². The first-order valence-electron chi connectivity index (χ1n) is 14.9. The number of carbonyl (C=O) groups excluding carboxylic acids is 1. The number of hydroxylamine groups is 1. The quantitative estimate of drug-likeness (QED) is 0.232. The topological polar surface area (TPSA) is 156 Å². The molecule has 13 heteroatoms. The highest BCUT2D eigenvalue weighted by atomic mass is 32.2. The molecule has 0 bridgehead atoms. The van der Waals surface area contributed by atoms with E-state index >= 15 is 0 Å². The van der Waals surface area contributed by atoms with Crippen molar-refractivity contribution in [2.75, 3.05) is 38.2 Å². The molecule has 0 spiro atoms. The molecule has 0 aromatic heterocycles. The van der Waals surface area contributed by atoms with Gasteiger partial charge in [0.25, 0.3) is 10.0 Å². The maximum absolute atomic E-state index is 13.9. The summed E-state index contributed by atoms with van der Waals surface area (Å²) in [5.41, 5.74) is 1.36. The number of hydrogen-bond donors (Lipinski definition) is 4. The smallest absolute Gasteiger partial charge is 0.407 e. The van der Waals surface area contributed by atoms with Gasteiger partial charge in [-0.15, -0.1) is 0 Å². The van der Waals surface area contributed by atoms with Gasteiger partial charge in [0.15, 0.2) is 6.29 Å². The summed E-state index contributed by atoms with van der Waals surface area (Å²) in [5, 5.41) is 26.4. The molecule has 2 heterocycles. The van der Waals surface area contributed by atoms with Crippen molar-refractivity contribution < 1.29 is 42.5 Å². The second-order valence-corrected chi connectivity index (χ2v) is 13.0. The van der Waals surface area contributed by atoms with E-state index in [2.05, 4.69) is 10.6 Å². The summed E-state index contributed by atoms with van der Waals surface area (Å²) in [6.45, 7) is 0.492. The average Bonchev–Trinajstić information content (AvgIpc) is 3.77. The van der Waals surface area contributed by atoms with Gasteiger partial charge in [0, 0.05) is 12.2 Å². The molecule has 5 rings (SSSR count). The second-order valence-electron chi connectivity index (χ2n) is 11.2. The number of alkyl carbamates (subject to hydrolysis) is 1. The van der Waals surface area contributed by atoms with Gasteiger partial charge in [0.1, 0.15) is 6.10 Å². The van der Waals surface area contributed by atoms with Gasteiger partial charge in [0.05, 0.1) is 55.4 Å². The van der Waals surface area contributed by atoms with Crippen LogP contribution in [0.1, 0.15) is 37.7 Å². The summed E-state index contributed by atoms with van der Waals surface area (Å²) < 4.78 is 45.4. The SMILES string of the molecule is O=C(N[C@@H](Cc1ccccc1)[C@@H](O)CN(OC1CCCC1)S(=O)(=O)c1cccc(NCCO)c1)O[C@H]1CO[C@H]2OCC[C@H]21. The predicted molar refractivity (Wildman–Crippen MR) is 156 cm³/mol. The summed E-state index contributed by atoms with van der Waals surface area (Å²) in [4.78, 5) is 19.1. The van der Waals surface area contributed by atoms with Crippen molar-refractivity contribution in [1.82, 2.24) is 9.79 Å². The van der Waals surface area contributed by atoms with Crippen LogP contribution in [0.15, 0.2) is 59.5 Å². The Labute approximate surface area is 252 Å². The number of amides is 1. The number of sulfonamides is 1. The minimum atomic E-state index is -4.22. The van der Waals surface area contributed by atoms with E-state index in [0.29, 0.717) is 25.1 Å². The van der Waals surface area contributed by atoms with Gasteiger partial charge in [-0.1, -0.05) is 53.7 Å². The zero-order chi connectivity index (χ0) is 30.2. The van der Waals surface area contributed by atoms with Crippen molar-refractivity contribution >= 4 is 21.8 Å². The lowest BCUT2D eigenvalue weighted by Gasteiger charge is -2.31. The normalized spacial score (nSPS) is 23.7. The van der Waals surface area contributed by atoms with Gasteiger partial charge >= 0.3 is 6.09 Å². The lowest BCUT2D eigenvalue weighted by Crippen LogP contribution is -2.51. The fourth-order valence-corrected chi connectivity index (χ4v) is 7.09. The first kappa shape index (κ1) is 31.6. The summed E-state index contributed by atoms with van der Waals surface area (Å²) >= 11 is 0. The maximum Gasteiger partial charge on any atom is 0.407 e. The van der Waals surface area contributed by atoms with E-state index in [-0.39, 0.29) is 49.4 Å². The first-order valence-corrected chi connectivity index (χ1v) is 16.3. The van der Waals surface area contributed by atoms with Gasteiger partial charge in [-0.3, -0.25) is 4.84 Å². The van der Waals surface area contributed by atoms with E-state index in [1.54, 1.807) is 12.1 Å². The molecular weight excluding hydrogens is 578 g/mol. The number of aliphatic hydroxyl groups is 2. The molecule has 2 aromatic carbocycles. The molecule has 2 aliphatic heterocycles. The van der Waals surface area contributed by atoms with Gasteiger partial charge < -0.3 is 35.1 Å². The molecule has 3 aliphatic rings. The molecule has 2 aromatic rings. The van der Waals surface area contributed by atoms with Crippen LogP contribution < -0.4 is 10.6 Å². The minimum Gasteiger partial charge on any atom is -0.443 e. The van der Waals surface area contributed by atoms with Crippen LogP contribution in [-0.2, 0) is 35.5 Å². The Balaban J connectivity index is 1.34. The third kappa shape index (κ3) is 8.24.